The fourth-order valence-corrected chi connectivity index (χ4v) is 5.87. The molecule has 0 radical (unpaired) electrons. The van der Waals surface area contributed by atoms with Gasteiger partial charge >= 0.3 is 5.91 Å². The molecule has 1 saturated heterocycles. The minimum atomic E-state index is -0.763. The topological polar surface area (TPSA) is 79.7 Å². The molecule has 6 nitrogen and oxygen atoms in total. The third-order valence-electron chi connectivity index (χ3n) is 5.24. The molecule has 166 valence electrons. The maximum atomic E-state index is 13.2. The van der Waals surface area contributed by atoms with Crippen molar-refractivity contribution in [3.8, 4) is 5.75 Å². The number of aliphatic hydroxyl groups is 1. The van der Waals surface area contributed by atoms with Gasteiger partial charge in [-0.3, -0.25) is 14.5 Å². The summed E-state index contributed by atoms with van der Waals surface area (Å²) in [4.78, 5) is 33.2. The fraction of sp³-hybridized carbons (Fsp3) is 0.125. The summed E-state index contributed by atoms with van der Waals surface area (Å²) >= 11 is 6.10. The Hall–Kier alpha value is -3.01. The number of anilines is 1. The highest BCUT2D eigenvalue weighted by Crippen LogP contribution is 2.45. The molecule has 1 unspecified atom stereocenters. The minimum Gasteiger partial charge on any atom is -0.507 e. The second kappa shape index (κ2) is 8.74. The van der Waals surface area contributed by atoms with Gasteiger partial charge in [0.2, 0.25) is 0 Å². The largest absolute Gasteiger partial charge is 0.507 e. The molecule has 0 spiro atoms. The van der Waals surface area contributed by atoms with Gasteiger partial charge in [-0.15, -0.1) is 11.3 Å². The van der Waals surface area contributed by atoms with Crippen molar-refractivity contribution in [2.24, 2.45) is 0 Å². The Bertz CT molecular complexity index is 1390. The fourth-order valence-electron chi connectivity index (χ4n) is 3.76. The number of rotatable bonds is 5. The molecule has 0 saturated carbocycles. The van der Waals surface area contributed by atoms with Crippen LogP contribution in [0.1, 0.15) is 23.4 Å². The van der Waals surface area contributed by atoms with Crippen molar-refractivity contribution in [2.75, 3.05) is 11.5 Å². The second-order valence-corrected chi connectivity index (χ2v) is 10.2. The second-order valence-electron chi connectivity index (χ2n) is 7.25. The molecule has 2 aromatic carbocycles. The smallest absolute Gasteiger partial charge is 0.301 e. The van der Waals surface area contributed by atoms with E-state index in [1.807, 2.05) is 42.6 Å². The number of nitrogens with zero attached hydrogens (tertiary/aromatic N) is 2. The Morgan fingerprint density at radius 3 is 2.67 bits per heavy atom. The lowest BCUT2D eigenvalue weighted by Gasteiger charge is -2.21. The van der Waals surface area contributed by atoms with E-state index in [0.717, 1.165) is 14.0 Å². The lowest BCUT2D eigenvalue weighted by molar-refractivity contribution is -0.132. The highest BCUT2D eigenvalue weighted by atomic mass is 79.9. The van der Waals surface area contributed by atoms with Crippen LogP contribution in [0.3, 0.4) is 0 Å². The van der Waals surface area contributed by atoms with Crippen molar-refractivity contribution in [2.45, 2.75) is 13.0 Å². The lowest BCUT2D eigenvalue weighted by atomic mass is 10.00. The zero-order valence-electron chi connectivity index (χ0n) is 17.3. The summed E-state index contributed by atoms with van der Waals surface area (Å²) in [6.45, 7) is 2.45. The van der Waals surface area contributed by atoms with E-state index < -0.39 is 17.7 Å². The number of amides is 1. The van der Waals surface area contributed by atoms with Gasteiger partial charge in [0, 0.05) is 14.9 Å². The average molecular weight is 541 g/mol. The molecule has 5 rings (SSSR count). The van der Waals surface area contributed by atoms with Crippen LogP contribution in [0.15, 0.2) is 70.0 Å². The van der Waals surface area contributed by atoms with Gasteiger partial charge in [-0.05, 0) is 48.7 Å². The Morgan fingerprint density at radius 1 is 1.18 bits per heavy atom. The Labute approximate surface area is 205 Å². The number of hydrogen-bond donors (Lipinski definition) is 1. The molecule has 1 atom stereocenters. The number of benzene rings is 2. The van der Waals surface area contributed by atoms with E-state index in [-0.39, 0.29) is 11.3 Å². The summed E-state index contributed by atoms with van der Waals surface area (Å²) in [6, 6.07) is 15.4. The summed E-state index contributed by atoms with van der Waals surface area (Å²) < 4.78 is 7.26. The van der Waals surface area contributed by atoms with Crippen molar-refractivity contribution in [3.63, 3.8) is 0 Å². The van der Waals surface area contributed by atoms with Gasteiger partial charge in [-0.25, -0.2) is 4.98 Å². The van der Waals surface area contributed by atoms with Crippen molar-refractivity contribution in [3.05, 3.63) is 80.5 Å². The number of carbonyl (C=O) groups excluding carboxylic acids is 2. The van der Waals surface area contributed by atoms with E-state index in [0.29, 0.717) is 28.6 Å². The SMILES string of the molecule is CCOc1ccc2nc(N3C(=O)C(=O)/C(=C(/O)c4ccc(Br)cc4)C3c3cccs3)sc2c1. The van der Waals surface area contributed by atoms with Crippen molar-refractivity contribution >= 4 is 71.4 Å². The van der Waals surface area contributed by atoms with Gasteiger partial charge in [0.15, 0.2) is 5.13 Å². The predicted octanol–water partition coefficient (Wildman–Crippen LogP) is 6.15. The van der Waals surface area contributed by atoms with Crippen LogP contribution < -0.4 is 9.64 Å². The third-order valence-corrected chi connectivity index (χ3v) is 7.71. The number of ketones is 1. The summed E-state index contributed by atoms with van der Waals surface area (Å²) in [5, 5.41) is 13.4. The maximum Gasteiger partial charge on any atom is 0.301 e. The van der Waals surface area contributed by atoms with E-state index >= 15 is 0 Å². The van der Waals surface area contributed by atoms with Gasteiger partial charge in [-0.1, -0.05) is 45.5 Å². The van der Waals surface area contributed by atoms with Gasteiger partial charge < -0.3 is 9.84 Å². The number of thiazole rings is 1. The molecular weight excluding hydrogens is 524 g/mol. The molecule has 0 aliphatic carbocycles. The molecular formula is C24H17BrN2O4S2. The van der Waals surface area contributed by atoms with E-state index in [9.17, 15) is 14.7 Å². The number of fused-ring (bicyclic) bond motifs is 1. The molecule has 4 aromatic rings. The summed E-state index contributed by atoms with van der Waals surface area (Å²) in [7, 11) is 0. The number of aliphatic hydroxyl groups excluding tert-OH is 1. The Balaban J connectivity index is 1.66. The van der Waals surface area contributed by atoms with E-state index in [1.165, 1.54) is 27.6 Å². The average Bonchev–Trinajstić information content (AvgIpc) is 3.53. The maximum absolute atomic E-state index is 13.2. The van der Waals surface area contributed by atoms with Crippen LogP contribution in [0.5, 0.6) is 5.75 Å². The molecule has 3 heterocycles. The molecule has 1 fully saturated rings. The van der Waals surface area contributed by atoms with Gasteiger partial charge in [-0.2, -0.15) is 0 Å². The summed E-state index contributed by atoms with van der Waals surface area (Å²) in [5.74, 6) is -0.937. The first-order valence-electron chi connectivity index (χ1n) is 10.1. The monoisotopic (exact) mass is 540 g/mol. The first-order valence-corrected chi connectivity index (χ1v) is 12.6. The Morgan fingerprint density at radius 2 is 1.97 bits per heavy atom. The van der Waals surface area contributed by atoms with Crippen LogP contribution in [0.4, 0.5) is 5.13 Å². The van der Waals surface area contributed by atoms with E-state index in [2.05, 4.69) is 20.9 Å². The molecule has 9 heteroatoms. The summed E-state index contributed by atoms with van der Waals surface area (Å²) in [6.07, 6.45) is 0. The van der Waals surface area contributed by atoms with E-state index in [4.69, 9.17) is 4.74 Å². The molecule has 1 N–H and O–H groups in total. The molecule has 2 aromatic heterocycles. The van der Waals surface area contributed by atoms with Crippen molar-refractivity contribution in [1.82, 2.24) is 4.98 Å². The molecule has 1 aliphatic heterocycles. The van der Waals surface area contributed by atoms with Crippen LogP contribution in [0.2, 0.25) is 0 Å². The number of carbonyl (C=O) groups is 2. The van der Waals surface area contributed by atoms with Crippen LogP contribution in [0, 0.1) is 0 Å². The number of Topliss-reactive ketones (excluding diaryl/α,β-unsaturated/α-hetero) is 1. The van der Waals surface area contributed by atoms with Crippen molar-refractivity contribution < 1.29 is 19.4 Å². The first-order chi connectivity index (χ1) is 16.0. The standard InChI is InChI=1S/C24H17BrN2O4S2/c1-2-31-15-9-10-16-18(12-15)33-24(26-16)27-20(17-4-3-11-32-17)19(22(29)23(27)30)21(28)13-5-7-14(25)8-6-13/h3-12,20,28H,2H2,1H3/b21-19+. The number of aromatic nitrogens is 1. The van der Waals surface area contributed by atoms with Gasteiger partial charge in [0.1, 0.15) is 17.6 Å². The number of hydrogen-bond acceptors (Lipinski definition) is 7. The quantitative estimate of drug-likeness (QED) is 0.186. The zero-order chi connectivity index (χ0) is 23.1. The normalized spacial score (nSPS) is 17.8. The van der Waals surface area contributed by atoms with Gasteiger partial charge in [0.05, 0.1) is 22.4 Å². The molecule has 0 bridgehead atoms. The molecule has 33 heavy (non-hydrogen) atoms. The van der Waals surface area contributed by atoms with Crippen LogP contribution in [-0.2, 0) is 9.59 Å². The number of halogens is 1. The van der Waals surface area contributed by atoms with E-state index in [1.54, 1.807) is 24.3 Å². The predicted molar refractivity (Wildman–Crippen MR) is 134 cm³/mol. The highest BCUT2D eigenvalue weighted by molar-refractivity contribution is 9.10. The number of thiophene rings is 1. The third kappa shape index (κ3) is 3.86. The van der Waals surface area contributed by atoms with Crippen LogP contribution >= 0.6 is 38.6 Å². The highest BCUT2D eigenvalue weighted by Gasteiger charge is 2.48. The van der Waals surface area contributed by atoms with Crippen LogP contribution in [0.25, 0.3) is 16.0 Å². The molecule has 1 aliphatic rings. The zero-order valence-corrected chi connectivity index (χ0v) is 20.5. The Kier molecular flexibility index (Phi) is 5.77. The van der Waals surface area contributed by atoms with Crippen LogP contribution in [-0.4, -0.2) is 28.4 Å². The van der Waals surface area contributed by atoms with Gasteiger partial charge in [0.25, 0.3) is 5.78 Å². The minimum absolute atomic E-state index is 0.0547. The molecule has 1 amide bonds. The van der Waals surface area contributed by atoms with Crippen molar-refractivity contribution in [1.29, 1.82) is 0 Å². The summed E-state index contributed by atoms with van der Waals surface area (Å²) in [5.41, 5.74) is 1.22. The first kappa shape index (κ1) is 21.8. The number of ether oxygens (including phenoxy) is 1. The lowest BCUT2D eigenvalue weighted by Crippen LogP contribution is -2.28.